The Balaban J connectivity index is 1.37. The SMILES string of the molecule is Cc1cc(I)ccc1NC(=O)CSc1nnc(-c2ccc3c(c2)OCO3)o1. The minimum absolute atomic E-state index is 0.132. The number of halogens is 1. The van der Waals surface area contributed by atoms with Crippen molar-refractivity contribution in [2.75, 3.05) is 17.9 Å². The Kier molecular flexibility index (Phi) is 5.21. The summed E-state index contributed by atoms with van der Waals surface area (Å²) in [4.78, 5) is 12.2. The first-order chi connectivity index (χ1) is 13.1. The van der Waals surface area contributed by atoms with Crippen molar-refractivity contribution in [1.29, 1.82) is 0 Å². The number of thioether (sulfide) groups is 1. The number of benzene rings is 2. The number of aromatic nitrogens is 2. The summed E-state index contributed by atoms with van der Waals surface area (Å²) in [5.41, 5.74) is 2.55. The molecule has 1 aromatic heterocycles. The zero-order chi connectivity index (χ0) is 18.8. The standard InChI is InChI=1S/C18H14IN3O4S/c1-10-6-12(19)3-4-13(10)20-16(23)8-27-18-22-21-17(26-18)11-2-5-14-15(7-11)25-9-24-14/h2-7H,8-9H2,1H3,(H,20,23). The largest absolute Gasteiger partial charge is 0.454 e. The van der Waals surface area contributed by atoms with Gasteiger partial charge in [-0.2, -0.15) is 0 Å². The summed E-state index contributed by atoms with van der Waals surface area (Å²) in [6.45, 7) is 2.17. The summed E-state index contributed by atoms with van der Waals surface area (Å²) in [6.07, 6.45) is 0. The quantitative estimate of drug-likeness (QED) is 0.421. The number of nitrogens with zero attached hydrogens (tertiary/aromatic N) is 2. The van der Waals surface area contributed by atoms with E-state index in [9.17, 15) is 4.79 Å². The predicted octanol–water partition coefficient (Wildman–Crippen LogP) is 4.11. The fourth-order valence-electron chi connectivity index (χ4n) is 2.50. The molecule has 1 N–H and O–H groups in total. The molecule has 4 rings (SSSR count). The van der Waals surface area contributed by atoms with Crippen molar-refractivity contribution in [2.24, 2.45) is 0 Å². The minimum Gasteiger partial charge on any atom is -0.454 e. The summed E-state index contributed by atoms with van der Waals surface area (Å²) >= 11 is 3.43. The van der Waals surface area contributed by atoms with Gasteiger partial charge in [0, 0.05) is 14.8 Å². The van der Waals surface area contributed by atoms with Crippen LogP contribution in [0.1, 0.15) is 5.56 Å². The number of hydrogen-bond acceptors (Lipinski definition) is 7. The number of hydrogen-bond donors (Lipinski definition) is 1. The third-order valence-electron chi connectivity index (χ3n) is 3.82. The normalized spacial score (nSPS) is 12.2. The van der Waals surface area contributed by atoms with Crippen molar-refractivity contribution in [3.63, 3.8) is 0 Å². The molecule has 2 aromatic carbocycles. The average Bonchev–Trinajstić information content (AvgIpc) is 3.30. The van der Waals surface area contributed by atoms with Crippen molar-refractivity contribution < 1.29 is 18.7 Å². The summed E-state index contributed by atoms with van der Waals surface area (Å²) in [7, 11) is 0. The summed E-state index contributed by atoms with van der Waals surface area (Å²) in [5.74, 6) is 1.74. The van der Waals surface area contributed by atoms with Crippen LogP contribution < -0.4 is 14.8 Å². The predicted molar refractivity (Wildman–Crippen MR) is 109 cm³/mol. The molecule has 7 nitrogen and oxygen atoms in total. The number of nitrogens with one attached hydrogen (secondary N) is 1. The Labute approximate surface area is 173 Å². The van der Waals surface area contributed by atoms with Gasteiger partial charge in [0.2, 0.25) is 18.6 Å². The highest BCUT2D eigenvalue weighted by atomic mass is 127. The number of fused-ring (bicyclic) bond motifs is 1. The van der Waals surface area contributed by atoms with Crippen LogP contribution in [0.15, 0.2) is 46.0 Å². The lowest BCUT2D eigenvalue weighted by Crippen LogP contribution is -2.14. The van der Waals surface area contributed by atoms with Crippen LogP contribution in [0.5, 0.6) is 11.5 Å². The third kappa shape index (κ3) is 4.19. The molecule has 138 valence electrons. The van der Waals surface area contributed by atoms with Gasteiger partial charge in [-0.15, -0.1) is 10.2 Å². The number of amides is 1. The number of carbonyl (C=O) groups is 1. The van der Waals surface area contributed by atoms with E-state index in [0.29, 0.717) is 22.6 Å². The lowest BCUT2D eigenvalue weighted by atomic mass is 10.2. The number of anilines is 1. The Morgan fingerprint density at radius 2 is 2.04 bits per heavy atom. The van der Waals surface area contributed by atoms with E-state index >= 15 is 0 Å². The average molecular weight is 495 g/mol. The summed E-state index contributed by atoms with van der Waals surface area (Å²) < 4.78 is 17.4. The van der Waals surface area contributed by atoms with Crippen LogP contribution in [-0.4, -0.2) is 28.7 Å². The maximum atomic E-state index is 12.2. The highest BCUT2D eigenvalue weighted by Crippen LogP contribution is 2.36. The van der Waals surface area contributed by atoms with Gasteiger partial charge in [-0.1, -0.05) is 11.8 Å². The molecule has 0 fully saturated rings. The Bertz CT molecular complexity index is 1010. The van der Waals surface area contributed by atoms with Crippen LogP contribution in [0.2, 0.25) is 0 Å². The van der Waals surface area contributed by atoms with E-state index in [1.165, 1.54) is 11.8 Å². The van der Waals surface area contributed by atoms with Crippen molar-refractivity contribution >= 4 is 45.9 Å². The molecule has 3 aromatic rings. The van der Waals surface area contributed by atoms with Crippen LogP contribution in [0.25, 0.3) is 11.5 Å². The Morgan fingerprint density at radius 1 is 1.19 bits per heavy atom. The van der Waals surface area contributed by atoms with Gasteiger partial charge in [0.05, 0.1) is 5.75 Å². The highest BCUT2D eigenvalue weighted by molar-refractivity contribution is 14.1. The molecule has 0 atom stereocenters. The molecule has 1 aliphatic heterocycles. The van der Waals surface area contributed by atoms with Gasteiger partial charge in [-0.05, 0) is 71.5 Å². The van der Waals surface area contributed by atoms with Gasteiger partial charge >= 0.3 is 0 Å². The van der Waals surface area contributed by atoms with Crippen molar-refractivity contribution in [2.45, 2.75) is 12.1 Å². The number of aryl methyl sites for hydroxylation is 1. The zero-order valence-electron chi connectivity index (χ0n) is 14.2. The lowest BCUT2D eigenvalue weighted by molar-refractivity contribution is -0.113. The number of ether oxygens (including phenoxy) is 2. The van der Waals surface area contributed by atoms with Gasteiger partial charge in [-0.25, -0.2) is 0 Å². The Morgan fingerprint density at radius 3 is 2.89 bits per heavy atom. The van der Waals surface area contributed by atoms with E-state index in [2.05, 4.69) is 38.1 Å². The molecule has 0 radical (unpaired) electrons. The van der Waals surface area contributed by atoms with Crippen molar-refractivity contribution in [3.05, 3.63) is 45.5 Å². The van der Waals surface area contributed by atoms with Crippen molar-refractivity contribution in [3.8, 4) is 23.0 Å². The molecule has 0 spiro atoms. The van der Waals surface area contributed by atoms with Gasteiger partial charge in [-0.3, -0.25) is 4.79 Å². The molecule has 1 amide bonds. The first kappa shape index (κ1) is 18.1. The molecule has 0 saturated heterocycles. The first-order valence-corrected chi connectivity index (χ1v) is 10.1. The molecule has 0 aliphatic carbocycles. The van der Waals surface area contributed by atoms with Crippen LogP contribution in [-0.2, 0) is 4.79 Å². The Hall–Kier alpha value is -2.27. The summed E-state index contributed by atoms with van der Waals surface area (Å²) in [5, 5.41) is 11.2. The second kappa shape index (κ2) is 7.77. The molecular weight excluding hydrogens is 481 g/mol. The molecule has 0 bridgehead atoms. The van der Waals surface area contributed by atoms with E-state index in [1.807, 2.05) is 31.2 Å². The van der Waals surface area contributed by atoms with Gasteiger partial charge in [0.25, 0.3) is 5.22 Å². The fourth-order valence-corrected chi connectivity index (χ4v) is 3.71. The third-order valence-corrected chi connectivity index (χ3v) is 5.30. The number of carbonyl (C=O) groups excluding carboxylic acids is 1. The minimum atomic E-state index is -0.132. The van der Waals surface area contributed by atoms with Crippen molar-refractivity contribution in [1.82, 2.24) is 10.2 Å². The van der Waals surface area contributed by atoms with Crippen LogP contribution in [0.4, 0.5) is 5.69 Å². The molecule has 1 aliphatic rings. The van der Waals surface area contributed by atoms with E-state index in [4.69, 9.17) is 13.9 Å². The van der Waals surface area contributed by atoms with Crippen LogP contribution in [0.3, 0.4) is 0 Å². The topological polar surface area (TPSA) is 86.5 Å². The second-order valence-electron chi connectivity index (χ2n) is 5.74. The maximum Gasteiger partial charge on any atom is 0.277 e. The fraction of sp³-hybridized carbons (Fsp3) is 0.167. The molecule has 9 heteroatoms. The van der Waals surface area contributed by atoms with Gasteiger partial charge < -0.3 is 19.2 Å². The molecule has 27 heavy (non-hydrogen) atoms. The molecule has 2 heterocycles. The van der Waals surface area contributed by atoms with Gasteiger partial charge in [0.1, 0.15) is 0 Å². The van der Waals surface area contributed by atoms with E-state index < -0.39 is 0 Å². The van der Waals surface area contributed by atoms with E-state index in [0.717, 1.165) is 20.4 Å². The molecule has 0 saturated carbocycles. The van der Waals surface area contributed by atoms with Gasteiger partial charge in [0.15, 0.2) is 11.5 Å². The maximum absolute atomic E-state index is 12.2. The van der Waals surface area contributed by atoms with Crippen LogP contribution in [0, 0.1) is 10.5 Å². The molecular formula is C18H14IN3O4S. The second-order valence-corrected chi connectivity index (χ2v) is 7.91. The molecule has 0 unspecified atom stereocenters. The first-order valence-electron chi connectivity index (χ1n) is 8.01. The van der Waals surface area contributed by atoms with Crippen LogP contribution >= 0.6 is 34.4 Å². The zero-order valence-corrected chi connectivity index (χ0v) is 17.2. The van der Waals surface area contributed by atoms with E-state index in [-0.39, 0.29) is 18.5 Å². The highest BCUT2D eigenvalue weighted by Gasteiger charge is 2.17. The lowest BCUT2D eigenvalue weighted by Gasteiger charge is -2.07. The summed E-state index contributed by atoms with van der Waals surface area (Å²) in [6, 6.07) is 11.3. The number of rotatable bonds is 5. The smallest absolute Gasteiger partial charge is 0.277 e. The van der Waals surface area contributed by atoms with E-state index in [1.54, 1.807) is 12.1 Å². The monoisotopic (exact) mass is 495 g/mol.